The van der Waals surface area contributed by atoms with Crippen LogP contribution in [0.15, 0.2) is 18.5 Å². The topological polar surface area (TPSA) is 58.6 Å². The molecule has 2 rings (SSSR count). The van der Waals surface area contributed by atoms with Crippen LogP contribution in [0, 0.1) is 0 Å². The summed E-state index contributed by atoms with van der Waals surface area (Å²) in [7, 11) is 1.43. The zero-order chi connectivity index (χ0) is 13.7. The SMILES string of the molecule is COC(=O)CC(C)N1CCN(c2ncccn2)CC1. The molecule has 1 aromatic rings. The Morgan fingerprint density at radius 1 is 1.32 bits per heavy atom. The number of aromatic nitrogens is 2. The monoisotopic (exact) mass is 264 g/mol. The minimum Gasteiger partial charge on any atom is -0.469 e. The van der Waals surface area contributed by atoms with Crippen LogP contribution >= 0.6 is 0 Å². The van der Waals surface area contributed by atoms with E-state index in [1.807, 2.05) is 6.07 Å². The van der Waals surface area contributed by atoms with E-state index in [4.69, 9.17) is 4.74 Å². The van der Waals surface area contributed by atoms with E-state index in [1.54, 1.807) is 12.4 Å². The van der Waals surface area contributed by atoms with Crippen molar-refractivity contribution in [1.29, 1.82) is 0 Å². The number of ether oxygens (including phenoxy) is 1. The molecule has 6 nitrogen and oxygen atoms in total. The van der Waals surface area contributed by atoms with E-state index in [0.29, 0.717) is 6.42 Å². The summed E-state index contributed by atoms with van der Waals surface area (Å²) in [4.78, 5) is 24.3. The number of anilines is 1. The summed E-state index contributed by atoms with van der Waals surface area (Å²) in [5, 5.41) is 0. The number of carbonyl (C=O) groups is 1. The molecular weight excluding hydrogens is 244 g/mol. The third-order valence-electron chi connectivity index (χ3n) is 3.46. The molecule has 1 atom stereocenters. The third-order valence-corrected chi connectivity index (χ3v) is 3.46. The molecule has 0 spiro atoms. The highest BCUT2D eigenvalue weighted by Gasteiger charge is 2.23. The molecule has 0 radical (unpaired) electrons. The first-order chi connectivity index (χ1) is 9.20. The van der Waals surface area contributed by atoms with Crippen molar-refractivity contribution in [2.75, 3.05) is 38.2 Å². The lowest BCUT2D eigenvalue weighted by Gasteiger charge is -2.37. The summed E-state index contributed by atoms with van der Waals surface area (Å²) < 4.78 is 4.71. The van der Waals surface area contributed by atoms with Crippen LogP contribution in [0.5, 0.6) is 0 Å². The van der Waals surface area contributed by atoms with Gasteiger partial charge in [-0.2, -0.15) is 0 Å². The van der Waals surface area contributed by atoms with Crippen LogP contribution in [-0.4, -0.2) is 60.2 Å². The Balaban J connectivity index is 1.84. The molecule has 1 aliphatic heterocycles. The zero-order valence-electron chi connectivity index (χ0n) is 11.5. The van der Waals surface area contributed by atoms with Gasteiger partial charge in [0.1, 0.15) is 0 Å². The smallest absolute Gasteiger partial charge is 0.307 e. The van der Waals surface area contributed by atoms with Gasteiger partial charge in [0.05, 0.1) is 13.5 Å². The van der Waals surface area contributed by atoms with Crippen molar-refractivity contribution in [2.45, 2.75) is 19.4 Å². The van der Waals surface area contributed by atoms with Crippen LogP contribution in [0.25, 0.3) is 0 Å². The highest BCUT2D eigenvalue weighted by atomic mass is 16.5. The van der Waals surface area contributed by atoms with Crippen molar-refractivity contribution in [2.24, 2.45) is 0 Å². The second kappa shape index (κ2) is 6.47. The van der Waals surface area contributed by atoms with Gasteiger partial charge in [-0.05, 0) is 13.0 Å². The molecule has 2 heterocycles. The lowest BCUT2D eigenvalue weighted by molar-refractivity contribution is -0.141. The summed E-state index contributed by atoms with van der Waals surface area (Å²) in [5.74, 6) is 0.629. The van der Waals surface area contributed by atoms with E-state index in [1.165, 1.54) is 7.11 Å². The third kappa shape index (κ3) is 3.64. The molecule has 0 aromatic carbocycles. The van der Waals surface area contributed by atoms with E-state index < -0.39 is 0 Å². The van der Waals surface area contributed by atoms with E-state index in [2.05, 4.69) is 26.7 Å². The Morgan fingerprint density at radius 3 is 2.53 bits per heavy atom. The van der Waals surface area contributed by atoms with Crippen molar-refractivity contribution < 1.29 is 9.53 Å². The number of hydrogen-bond acceptors (Lipinski definition) is 6. The first-order valence-corrected chi connectivity index (χ1v) is 6.53. The number of carbonyl (C=O) groups excluding carboxylic acids is 1. The molecule has 104 valence electrons. The van der Waals surface area contributed by atoms with E-state index in [0.717, 1.165) is 32.1 Å². The fourth-order valence-electron chi connectivity index (χ4n) is 2.27. The zero-order valence-corrected chi connectivity index (χ0v) is 11.5. The Kier molecular flexibility index (Phi) is 4.68. The van der Waals surface area contributed by atoms with Crippen LogP contribution in [0.2, 0.25) is 0 Å². The van der Waals surface area contributed by atoms with Crippen molar-refractivity contribution in [3.05, 3.63) is 18.5 Å². The summed E-state index contributed by atoms with van der Waals surface area (Å²) in [6.07, 6.45) is 3.96. The van der Waals surface area contributed by atoms with Crippen molar-refractivity contribution in [3.8, 4) is 0 Å². The molecule has 0 N–H and O–H groups in total. The second-order valence-electron chi connectivity index (χ2n) is 4.70. The molecule has 0 saturated carbocycles. The van der Waals surface area contributed by atoms with E-state index in [9.17, 15) is 4.79 Å². The highest BCUT2D eigenvalue weighted by Crippen LogP contribution is 2.13. The maximum Gasteiger partial charge on any atom is 0.307 e. The minimum absolute atomic E-state index is 0.152. The fourth-order valence-corrected chi connectivity index (χ4v) is 2.27. The maximum atomic E-state index is 11.3. The number of rotatable bonds is 4. The molecule has 1 aliphatic rings. The lowest BCUT2D eigenvalue weighted by Crippen LogP contribution is -2.50. The fraction of sp³-hybridized carbons (Fsp3) is 0.615. The summed E-state index contributed by atoms with van der Waals surface area (Å²) >= 11 is 0. The summed E-state index contributed by atoms with van der Waals surface area (Å²) in [6, 6.07) is 2.03. The van der Waals surface area contributed by atoms with E-state index >= 15 is 0 Å². The number of esters is 1. The average Bonchev–Trinajstić information content (AvgIpc) is 2.48. The van der Waals surface area contributed by atoms with Gasteiger partial charge < -0.3 is 9.64 Å². The minimum atomic E-state index is -0.152. The Bertz CT molecular complexity index is 404. The molecule has 1 unspecified atom stereocenters. The maximum absolute atomic E-state index is 11.3. The molecule has 0 bridgehead atoms. The van der Waals surface area contributed by atoms with Gasteiger partial charge in [0.15, 0.2) is 0 Å². The quantitative estimate of drug-likeness (QED) is 0.740. The average molecular weight is 264 g/mol. The number of nitrogens with zero attached hydrogens (tertiary/aromatic N) is 4. The normalized spacial score (nSPS) is 18.1. The summed E-state index contributed by atoms with van der Waals surface area (Å²) in [6.45, 7) is 5.66. The van der Waals surface area contributed by atoms with Gasteiger partial charge in [-0.15, -0.1) is 0 Å². The molecule has 1 fully saturated rings. The van der Waals surface area contributed by atoms with Gasteiger partial charge in [0.2, 0.25) is 5.95 Å². The Hall–Kier alpha value is -1.69. The van der Waals surface area contributed by atoms with Gasteiger partial charge in [-0.3, -0.25) is 9.69 Å². The van der Waals surface area contributed by atoms with Crippen molar-refractivity contribution >= 4 is 11.9 Å². The van der Waals surface area contributed by atoms with Gasteiger partial charge in [-0.1, -0.05) is 0 Å². The standard InChI is InChI=1S/C13H20N4O2/c1-11(10-12(18)19-2)16-6-8-17(9-7-16)13-14-4-3-5-15-13/h3-5,11H,6-10H2,1-2H3. The molecular formula is C13H20N4O2. The number of piperazine rings is 1. The first-order valence-electron chi connectivity index (χ1n) is 6.53. The predicted octanol–water partition coefficient (Wildman–Crippen LogP) is 0.550. The molecule has 1 aromatic heterocycles. The van der Waals surface area contributed by atoms with Crippen molar-refractivity contribution in [1.82, 2.24) is 14.9 Å². The van der Waals surface area contributed by atoms with Crippen LogP contribution < -0.4 is 4.90 Å². The predicted molar refractivity (Wildman–Crippen MR) is 71.9 cm³/mol. The van der Waals surface area contributed by atoms with Crippen molar-refractivity contribution in [3.63, 3.8) is 0 Å². The van der Waals surface area contributed by atoms with Crippen LogP contribution in [0.3, 0.4) is 0 Å². The Morgan fingerprint density at radius 2 is 1.95 bits per heavy atom. The van der Waals surface area contributed by atoms with Crippen LogP contribution in [0.4, 0.5) is 5.95 Å². The molecule has 0 amide bonds. The molecule has 19 heavy (non-hydrogen) atoms. The molecule has 1 saturated heterocycles. The largest absolute Gasteiger partial charge is 0.469 e. The van der Waals surface area contributed by atoms with Gasteiger partial charge in [0, 0.05) is 44.6 Å². The second-order valence-corrected chi connectivity index (χ2v) is 4.70. The van der Waals surface area contributed by atoms with E-state index in [-0.39, 0.29) is 12.0 Å². The highest BCUT2D eigenvalue weighted by molar-refractivity contribution is 5.69. The molecule has 0 aliphatic carbocycles. The van der Waals surface area contributed by atoms with Gasteiger partial charge in [-0.25, -0.2) is 9.97 Å². The lowest BCUT2D eigenvalue weighted by atomic mass is 10.2. The molecule has 6 heteroatoms. The number of hydrogen-bond donors (Lipinski definition) is 0. The van der Waals surface area contributed by atoms with Gasteiger partial charge in [0.25, 0.3) is 0 Å². The number of methoxy groups -OCH3 is 1. The first kappa shape index (κ1) is 13.7. The Labute approximate surface area is 113 Å². The van der Waals surface area contributed by atoms with Gasteiger partial charge >= 0.3 is 5.97 Å². The van der Waals surface area contributed by atoms with Crippen LogP contribution in [-0.2, 0) is 9.53 Å². The van der Waals surface area contributed by atoms with Crippen LogP contribution in [0.1, 0.15) is 13.3 Å². The summed E-state index contributed by atoms with van der Waals surface area (Å²) in [5.41, 5.74) is 0.